The highest BCUT2D eigenvalue weighted by Gasteiger charge is 2.27. The van der Waals surface area contributed by atoms with Crippen molar-refractivity contribution in [2.75, 3.05) is 13.2 Å². The molecule has 7 aromatic rings. The average Bonchev–Trinajstić information content (AvgIpc) is 4.15. The van der Waals surface area contributed by atoms with Crippen molar-refractivity contribution in [2.24, 2.45) is 5.41 Å². The lowest BCUT2D eigenvalue weighted by Gasteiger charge is -2.20. The molecule has 300 valence electrons. The molecule has 61 heavy (non-hydrogen) atoms. The molecule has 0 unspecified atom stereocenters. The third kappa shape index (κ3) is 7.83. The van der Waals surface area contributed by atoms with E-state index in [9.17, 15) is 9.59 Å². The highest BCUT2D eigenvalue weighted by Crippen LogP contribution is 2.38. The summed E-state index contributed by atoms with van der Waals surface area (Å²) in [4.78, 5) is 43.8. The van der Waals surface area contributed by atoms with Gasteiger partial charge in [-0.1, -0.05) is 110 Å². The van der Waals surface area contributed by atoms with Crippen molar-refractivity contribution >= 4 is 58.3 Å². The summed E-state index contributed by atoms with van der Waals surface area (Å²) in [7, 11) is 0. The second kappa shape index (κ2) is 16.6. The summed E-state index contributed by atoms with van der Waals surface area (Å²) in [5, 5.41) is 0. The van der Waals surface area contributed by atoms with Crippen LogP contribution < -0.4 is 0 Å². The van der Waals surface area contributed by atoms with E-state index in [0.717, 1.165) is 89.4 Å². The molecule has 2 N–H and O–H groups in total. The van der Waals surface area contributed by atoms with E-state index in [0.29, 0.717) is 12.0 Å². The first-order valence-corrected chi connectivity index (χ1v) is 20.5. The lowest BCUT2D eigenvalue weighted by atomic mass is 9.91. The van der Waals surface area contributed by atoms with Gasteiger partial charge in [0.25, 0.3) is 0 Å². The number of H-pyrrole nitrogens is 2. The molecule has 0 fully saturated rings. The molecule has 9 rings (SSSR count). The smallest absolute Gasteiger partial charge is 0.338 e. The van der Waals surface area contributed by atoms with Crippen LogP contribution in [-0.4, -0.2) is 45.1 Å². The number of rotatable bonds is 10. The number of hydrogen-bond acceptors (Lipinski definition) is 6. The Morgan fingerprint density at radius 2 is 0.820 bits per heavy atom. The van der Waals surface area contributed by atoms with Crippen molar-refractivity contribution in [3.05, 3.63) is 168 Å². The number of carbonyl (C=O) groups is 2. The van der Waals surface area contributed by atoms with Crippen molar-refractivity contribution in [1.29, 1.82) is 0 Å². The molecule has 3 aromatic heterocycles. The van der Waals surface area contributed by atoms with Gasteiger partial charge in [0.1, 0.15) is 13.2 Å². The summed E-state index contributed by atoms with van der Waals surface area (Å²) in [6.07, 6.45) is 8.95. The first-order valence-electron chi connectivity index (χ1n) is 20.5. The number of nitrogens with one attached hydrogen (secondary N) is 2. The third-order valence-corrected chi connectivity index (χ3v) is 11.3. The first kappa shape index (κ1) is 38.9. The van der Waals surface area contributed by atoms with E-state index in [4.69, 9.17) is 19.4 Å². The minimum absolute atomic E-state index is 0.00800. The zero-order valence-corrected chi connectivity index (χ0v) is 34.2. The highest BCUT2D eigenvalue weighted by molar-refractivity contribution is 6.00. The van der Waals surface area contributed by atoms with Crippen LogP contribution in [0.4, 0.5) is 0 Å². The predicted octanol–water partition coefficient (Wildman–Crippen LogP) is 12.5. The third-order valence-electron chi connectivity index (χ3n) is 11.3. The molecule has 0 amide bonds. The molecule has 0 spiro atoms. The van der Waals surface area contributed by atoms with E-state index >= 15 is 0 Å². The van der Waals surface area contributed by atoms with E-state index in [-0.39, 0.29) is 19.2 Å². The zero-order valence-electron chi connectivity index (χ0n) is 34.2. The molecule has 4 aromatic carbocycles. The van der Waals surface area contributed by atoms with Crippen molar-refractivity contribution in [1.82, 2.24) is 19.9 Å². The van der Waals surface area contributed by atoms with Gasteiger partial charge in [-0.15, -0.1) is 0 Å². The number of carbonyl (C=O) groups excluding carboxylic acids is 2. The van der Waals surface area contributed by atoms with Crippen LogP contribution >= 0.6 is 0 Å². The van der Waals surface area contributed by atoms with Gasteiger partial charge in [-0.25, -0.2) is 14.8 Å². The van der Waals surface area contributed by atoms with Gasteiger partial charge in [0.2, 0.25) is 0 Å². The summed E-state index contributed by atoms with van der Waals surface area (Å²) in [5.74, 6) is -0.815. The predicted molar refractivity (Wildman–Crippen MR) is 246 cm³/mol. The molecular formula is C53H44N4O4. The van der Waals surface area contributed by atoms with E-state index in [1.54, 1.807) is 12.1 Å². The van der Waals surface area contributed by atoms with Gasteiger partial charge in [0, 0.05) is 44.3 Å². The Kier molecular flexibility index (Phi) is 10.6. The van der Waals surface area contributed by atoms with Crippen LogP contribution in [0.25, 0.3) is 90.9 Å². The number of aromatic nitrogens is 4. The molecule has 5 heterocycles. The second-order valence-electron chi connectivity index (χ2n) is 15.7. The van der Waals surface area contributed by atoms with Crippen molar-refractivity contribution in [3.63, 3.8) is 0 Å². The van der Waals surface area contributed by atoms with E-state index in [1.165, 1.54) is 0 Å². The Morgan fingerprint density at radius 1 is 0.475 bits per heavy atom. The molecule has 2 aliphatic rings. The molecule has 8 nitrogen and oxygen atoms in total. The van der Waals surface area contributed by atoms with Crippen LogP contribution in [0, 0.1) is 5.41 Å². The van der Waals surface area contributed by atoms with Gasteiger partial charge in [-0.05, 0) is 103 Å². The minimum Gasteiger partial charge on any atom is -0.462 e. The Bertz CT molecular complexity index is 2960. The Balaban J connectivity index is 1.24. The SMILES string of the molecule is CCC(C)(C)C(=O)OCCOC(=O)c1ccc(-c2c3nc(c(-c4ccccc4)c4ccc([nH]4)c(-c4ccccc4)c4nc(c(-c5ccccc5)c5ccc2[nH]5)C=C4)C=C3)cc1. The number of nitrogens with zero attached hydrogens (tertiary/aromatic N) is 2. The number of hydrogen-bond donors (Lipinski definition) is 2. The van der Waals surface area contributed by atoms with Crippen molar-refractivity contribution in [2.45, 2.75) is 27.2 Å². The average molecular weight is 801 g/mol. The molecule has 8 bridgehead atoms. The lowest BCUT2D eigenvalue weighted by Crippen LogP contribution is -2.27. The summed E-state index contributed by atoms with van der Waals surface area (Å²) in [5.41, 5.74) is 14.4. The molecule has 0 radical (unpaired) electrons. The summed E-state index contributed by atoms with van der Waals surface area (Å²) in [6.45, 7) is 5.56. The van der Waals surface area contributed by atoms with Crippen LogP contribution in [0.1, 0.15) is 60.3 Å². The van der Waals surface area contributed by atoms with E-state index in [2.05, 4.69) is 101 Å². The molecule has 8 heteroatoms. The largest absolute Gasteiger partial charge is 0.462 e. The fourth-order valence-corrected chi connectivity index (χ4v) is 7.70. The van der Waals surface area contributed by atoms with E-state index < -0.39 is 11.4 Å². The quantitative estimate of drug-likeness (QED) is 0.105. The highest BCUT2D eigenvalue weighted by atomic mass is 16.6. The molecule has 0 saturated carbocycles. The Labute approximate surface area is 354 Å². The van der Waals surface area contributed by atoms with Crippen molar-refractivity contribution in [3.8, 4) is 44.5 Å². The Morgan fingerprint density at radius 3 is 1.18 bits per heavy atom. The van der Waals surface area contributed by atoms with Gasteiger partial charge in [-0.2, -0.15) is 0 Å². The molecule has 2 aliphatic heterocycles. The summed E-state index contributed by atoms with van der Waals surface area (Å²) < 4.78 is 10.9. The van der Waals surface area contributed by atoms with Crippen LogP contribution in [-0.2, 0) is 14.3 Å². The van der Waals surface area contributed by atoms with Crippen LogP contribution in [0.2, 0.25) is 0 Å². The van der Waals surface area contributed by atoms with Crippen LogP contribution in [0.5, 0.6) is 0 Å². The first-order chi connectivity index (χ1) is 29.8. The second-order valence-corrected chi connectivity index (χ2v) is 15.7. The normalized spacial score (nSPS) is 12.0. The van der Waals surface area contributed by atoms with Gasteiger partial charge in [0.05, 0.1) is 33.8 Å². The number of benzene rings is 4. The topological polar surface area (TPSA) is 110 Å². The molecular weight excluding hydrogens is 757 g/mol. The maximum atomic E-state index is 13.1. The van der Waals surface area contributed by atoms with Gasteiger partial charge < -0.3 is 19.4 Å². The van der Waals surface area contributed by atoms with Gasteiger partial charge in [0.15, 0.2) is 0 Å². The van der Waals surface area contributed by atoms with Gasteiger partial charge in [-0.3, -0.25) is 4.79 Å². The summed E-state index contributed by atoms with van der Waals surface area (Å²) >= 11 is 0. The molecule has 0 saturated heterocycles. The lowest BCUT2D eigenvalue weighted by molar-refractivity contribution is -0.155. The zero-order chi connectivity index (χ0) is 41.9. The standard InChI is InChI=1S/C53H44N4O4/c1-4-53(2,3)52(59)61-33-32-60-51(58)38-22-20-37(21-23-38)50-45-30-28-43(56-45)48(35-16-10-6-11-17-35)41-26-24-39(54-41)47(34-14-8-5-9-15-34)40-25-27-42(55-40)49(36-18-12-7-13-19-36)44-29-31-46(50)57-44/h5-31,54,57H,4,32-33H2,1-3H3. The minimum atomic E-state index is -0.595. The number of aromatic amines is 2. The molecule has 0 atom stereocenters. The number of fused-ring (bicyclic) bond motifs is 8. The maximum absolute atomic E-state index is 13.1. The fourth-order valence-electron chi connectivity index (χ4n) is 7.70. The maximum Gasteiger partial charge on any atom is 0.338 e. The number of ether oxygens (including phenoxy) is 2. The Hall–Kier alpha value is -7.58. The molecule has 0 aliphatic carbocycles. The monoisotopic (exact) mass is 800 g/mol. The van der Waals surface area contributed by atoms with Crippen LogP contribution in [0.3, 0.4) is 0 Å². The van der Waals surface area contributed by atoms with Crippen LogP contribution in [0.15, 0.2) is 140 Å². The van der Waals surface area contributed by atoms with Crippen molar-refractivity contribution < 1.29 is 19.1 Å². The van der Waals surface area contributed by atoms with E-state index in [1.807, 2.05) is 81.4 Å². The summed E-state index contributed by atoms with van der Waals surface area (Å²) in [6, 6.07) is 46.7. The fraction of sp³-hybridized carbons (Fsp3) is 0.132. The number of esters is 2. The van der Waals surface area contributed by atoms with Gasteiger partial charge >= 0.3 is 11.9 Å².